The van der Waals surface area contributed by atoms with Crippen molar-refractivity contribution in [3.8, 4) is 0 Å². The first kappa shape index (κ1) is 97.2. The van der Waals surface area contributed by atoms with Crippen LogP contribution in [0.5, 0.6) is 0 Å². The molecule has 2 saturated heterocycles. The molecule has 24 nitrogen and oxygen atoms in total. The zero-order valence-electron chi connectivity index (χ0n) is 65.3. The molecule has 1 saturated carbocycles. The van der Waals surface area contributed by atoms with Gasteiger partial charge in [-0.3, -0.25) is 23.4 Å². The van der Waals surface area contributed by atoms with Crippen LogP contribution in [0.4, 0.5) is 0 Å². The molecule has 2 heterocycles. The number of hydrogen-bond donors (Lipinski definition) is 11. The summed E-state index contributed by atoms with van der Waals surface area (Å²) < 4.78 is 65.3. The maximum atomic E-state index is 14.4. The predicted molar refractivity (Wildman–Crippen MR) is 402 cm³/mol. The topological polar surface area (TPSA) is 374 Å². The summed E-state index contributed by atoms with van der Waals surface area (Å²) in [6.07, 6.45) is 22.6. The smallest absolute Gasteiger partial charge is 0.463 e. The van der Waals surface area contributed by atoms with Gasteiger partial charge in [0.2, 0.25) is 0 Å². The van der Waals surface area contributed by atoms with Crippen molar-refractivity contribution in [1.82, 2.24) is 0 Å². The summed E-state index contributed by atoms with van der Waals surface area (Å²) in [6, 6.07) is 0. The lowest BCUT2D eigenvalue weighted by Gasteiger charge is -2.49. The zero-order chi connectivity index (χ0) is 76.7. The van der Waals surface area contributed by atoms with E-state index in [-0.39, 0.29) is 19.3 Å². The van der Waals surface area contributed by atoms with E-state index in [1.165, 1.54) is 212 Å². The molecular weight excluding hydrogens is 1380 g/mol. The lowest BCUT2D eigenvalue weighted by Crippen LogP contribution is -2.69. The normalized spacial score (nSPS) is 26.5. The van der Waals surface area contributed by atoms with Gasteiger partial charge in [0.1, 0.15) is 98.7 Å². The number of hydrogen-bond acceptors (Lipinski definition) is 23. The molecule has 0 amide bonds. The number of phosphoric acid groups is 1. The van der Waals surface area contributed by atoms with Crippen molar-refractivity contribution in [1.29, 1.82) is 0 Å². The van der Waals surface area contributed by atoms with Crippen molar-refractivity contribution in [3.63, 3.8) is 0 Å². The third-order valence-corrected chi connectivity index (χ3v) is 22.1. The number of phosphoric ester groups is 1. The first-order valence-electron chi connectivity index (χ1n) is 42.3. The van der Waals surface area contributed by atoms with Gasteiger partial charge in [0, 0.05) is 19.3 Å². The number of aliphatic hydroxyl groups is 10. The van der Waals surface area contributed by atoms with Gasteiger partial charge >= 0.3 is 25.7 Å². The summed E-state index contributed by atoms with van der Waals surface area (Å²) >= 11 is 0. The molecule has 2 aliphatic heterocycles. The number of rotatable bonds is 68. The van der Waals surface area contributed by atoms with Crippen LogP contribution >= 0.6 is 7.82 Å². The minimum atomic E-state index is -5.70. The Morgan fingerprint density at radius 2 is 0.610 bits per heavy atom. The summed E-state index contributed by atoms with van der Waals surface area (Å²) in [6.45, 7) is 3.54. The van der Waals surface area contributed by atoms with Crippen molar-refractivity contribution >= 4 is 25.7 Å². The van der Waals surface area contributed by atoms with E-state index in [4.69, 9.17) is 42.2 Å². The highest BCUT2D eigenvalue weighted by atomic mass is 31.2. The van der Waals surface area contributed by atoms with Crippen LogP contribution in [-0.4, -0.2) is 204 Å². The first-order valence-corrected chi connectivity index (χ1v) is 43.8. The summed E-state index contributed by atoms with van der Waals surface area (Å²) in [7, 11) is -5.70. The van der Waals surface area contributed by atoms with Crippen molar-refractivity contribution in [2.45, 2.75) is 465 Å². The molecule has 620 valence electrons. The first-order chi connectivity index (χ1) is 50.8. The average molecular weight is 1530 g/mol. The largest absolute Gasteiger partial charge is 0.472 e. The van der Waals surface area contributed by atoms with Crippen LogP contribution in [-0.2, 0) is 61.2 Å². The Bertz CT molecular complexity index is 2150. The van der Waals surface area contributed by atoms with E-state index in [1.54, 1.807) is 0 Å². The SMILES string of the molecule is CCCCCCCCCCCCCCCCCCCC(=O)OCC1OC(OC2C(O)C(O)C(O)C(OC3OC(CO)C(O)C(O)C3O)C2OP(=O)(O)OCC(COC(=O)CCCCCCCCCCCCCCCCCC)OC(=O)CCCCCCCCCCCCCCCCCCC)C(O)C(O)C1O. The molecule has 0 spiro atoms. The maximum absolute atomic E-state index is 14.4. The Kier molecular flexibility index (Phi) is 56.9. The Balaban J connectivity index is 1.68. The van der Waals surface area contributed by atoms with Gasteiger partial charge in [0.25, 0.3) is 0 Å². The molecule has 25 heteroatoms. The van der Waals surface area contributed by atoms with E-state index in [0.717, 1.165) is 89.9 Å². The minimum absolute atomic E-state index is 0.0323. The van der Waals surface area contributed by atoms with E-state index < -0.39 is 156 Å². The molecule has 0 aromatic carbocycles. The molecule has 18 atom stereocenters. The van der Waals surface area contributed by atoms with Crippen LogP contribution in [0.1, 0.15) is 361 Å². The number of carbonyl (C=O) groups is 3. The second-order valence-corrected chi connectivity index (χ2v) is 32.0. The molecule has 18 unspecified atom stereocenters. The quantitative estimate of drug-likeness (QED) is 0.0117. The highest BCUT2D eigenvalue weighted by Gasteiger charge is 2.58. The summed E-state index contributed by atoms with van der Waals surface area (Å²) in [5, 5.41) is 110. The third kappa shape index (κ3) is 43.5. The summed E-state index contributed by atoms with van der Waals surface area (Å²) in [4.78, 5) is 51.3. The molecule has 0 aromatic rings. The monoisotopic (exact) mass is 1530 g/mol. The van der Waals surface area contributed by atoms with Gasteiger partial charge < -0.3 is 89.1 Å². The second kappa shape index (κ2) is 61.5. The van der Waals surface area contributed by atoms with Gasteiger partial charge in [-0.15, -0.1) is 0 Å². The van der Waals surface area contributed by atoms with E-state index in [2.05, 4.69) is 20.8 Å². The lowest BCUT2D eigenvalue weighted by atomic mass is 9.84. The van der Waals surface area contributed by atoms with Crippen LogP contribution in [0.25, 0.3) is 0 Å². The number of esters is 3. The molecule has 0 bridgehead atoms. The average Bonchev–Trinajstić information content (AvgIpc) is 0.761. The highest BCUT2D eigenvalue weighted by Crippen LogP contribution is 2.49. The molecular formula is C80H151O24P. The highest BCUT2D eigenvalue weighted by molar-refractivity contribution is 7.47. The fourth-order valence-corrected chi connectivity index (χ4v) is 15.3. The van der Waals surface area contributed by atoms with Gasteiger partial charge in [-0.25, -0.2) is 4.57 Å². The summed E-state index contributed by atoms with van der Waals surface area (Å²) in [5.41, 5.74) is 0. The van der Waals surface area contributed by atoms with Crippen molar-refractivity contribution in [2.24, 2.45) is 0 Å². The van der Waals surface area contributed by atoms with E-state index >= 15 is 0 Å². The molecule has 0 radical (unpaired) electrons. The zero-order valence-corrected chi connectivity index (χ0v) is 66.2. The van der Waals surface area contributed by atoms with E-state index in [0.29, 0.717) is 19.3 Å². The van der Waals surface area contributed by atoms with Crippen molar-refractivity contribution in [3.05, 3.63) is 0 Å². The fourth-order valence-electron chi connectivity index (χ4n) is 14.3. The van der Waals surface area contributed by atoms with Crippen molar-refractivity contribution in [2.75, 3.05) is 26.4 Å². The van der Waals surface area contributed by atoms with Crippen molar-refractivity contribution < 1.29 is 117 Å². The van der Waals surface area contributed by atoms with Gasteiger partial charge in [-0.2, -0.15) is 0 Å². The lowest BCUT2D eigenvalue weighted by molar-refractivity contribution is -0.360. The molecule has 1 aliphatic carbocycles. The van der Waals surface area contributed by atoms with Crippen LogP contribution in [0, 0.1) is 0 Å². The van der Waals surface area contributed by atoms with Crippen LogP contribution in [0.2, 0.25) is 0 Å². The standard InChI is InChI=1S/C80H151O24P/c1-4-7-10-13-16-19-22-25-28-31-34-37-40-43-46-49-52-55-65(83)97-60-63-68(86)70(88)75(93)80(101-63)103-77-73(91)71(89)72(90)76(102-79-74(92)69(87)67(85)62(57-81)100-79)78(77)104-105(94,95)98-59-61(58-96-64(82)54-51-48-45-42-39-36-33-30-27-24-21-18-15-12-9-6-3)99-66(84)56-53-50-47-44-41-38-35-32-29-26-23-20-17-14-11-8-5-2/h61-63,67-81,85-93H,4-60H2,1-3H3,(H,94,95). The number of unbranched alkanes of at least 4 members (excludes halogenated alkanes) is 47. The van der Waals surface area contributed by atoms with Gasteiger partial charge in [-0.1, -0.05) is 323 Å². The maximum Gasteiger partial charge on any atom is 0.472 e. The van der Waals surface area contributed by atoms with Crippen LogP contribution in [0.3, 0.4) is 0 Å². The second-order valence-electron chi connectivity index (χ2n) is 30.6. The van der Waals surface area contributed by atoms with Gasteiger partial charge in [0.15, 0.2) is 18.7 Å². The Morgan fingerprint density at radius 3 is 0.933 bits per heavy atom. The Morgan fingerprint density at radius 1 is 0.333 bits per heavy atom. The molecule has 3 rings (SSSR count). The number of carbonyl (C=O) groups excluding carboxylic acids is 3. The van der Waals surface area contributed by atoms with Gasteiger partial charge in [-0.05, 0) is 19.3 Å². The Labute approximate surface area is 631 Å². The van der Waals surface area contributed by atoms with Crippen LogP contribution < -0.4 is 0 Å². The Hall–Kier alpha value is -2.04. The predicted octanol–water partition coefficient (Wildman–Crippen LogP) is 13.7. The molecule has 0 aromatic heterocycles. The van der Waals surface area contributed by atoms with Crippen LogP contribution in [0.15, 0.2) is 0 Å². The molecule has 105 heavy (non-hydrogen) atoms. The fraction of sp³-hybridized carbons (Fsp3) is 0.963. The minimum Gasteiger partial charge on any atom is -0.463 e. The summed E-state index contributed by atoms with van der Waals surface area (Å²) in [5.74, 6) is -1.96. The molecule has 11 N–H and O–H groups in total. The molecule has 3 fully saturated rings. The van der Waals surface area contributed by atoms with E-state index in [1.807, 2.05) is 0 Å². The van der Waals surface area contributed by atoms with E-state index in [9.17, 15) is 74.9 Å². The third-order valence-electron chi connectivity index (χ3n) is 21.1. The van der Waals surface area contributed by atoms with Gasteiger partial charge in [0.05, 0.1) is 13.2 Å². The number of ether oxygens (including phenoxy) is 7. The number of aliphatic hydroxyl groups excluding tert-OH is 10. The molecule has 3 aliphatic rings.